The lowest BCUT2D eigenvalue weighted by Gasteiger charge is -2.31. The Balaban J connectivity index is 1.66. The lowest BCUT2D eigenvalue weighted by Crippen LogP contribution is -2.39. The maximum atomic E-state index is 11.5. The van der Waals surface area contributed by atoms with E-state index < -0.39 is 0 Å². The largest absolute Gasteiger partial charge is 0.484 e. The number of aliphatic hydroxyl groups excluding tert-OH is 1. The Morgan fingerprint density at radius 2 is 2.11 bits per heavy atom. The molecule has 1 aromatic rings. The summed E-state index contributed by atoms with van der Waals surface area (Å²) in [6.07, 6.45) is 1.32. The Labute approximate surface area is 111 Å². The number of aliphatic hydroxyl groups is 1. The number of nitriles is 1. The van der Waals surface area contributed by atoms with Gasteiger partial charge in [0.1, 0.15) is 5.75 Å². The third kappa shape index (κ3) is 3.97. The molecular weight excluding hydrogens is 244 g/mol. The Hall–Kier alpha value is -2.06. The molecule has 19 heavy (non-hydrogen) atoms. The standard InChI is InChI=1S/C14H16N2O3/c15-7-10-1-3-13(4-2-10)19-9-14(18)16-8-11-5-12(17)6-11/h1-4,11-12,17H,5-6,8-9H2,(H,16,18). The van der Waals surface area contributed by atoms with E-state index in [2.05, 4.69) is 5.32 Å². The zero-order chi connectivity index (χ0) is 13.7. The van der Waals surface area contributed by atoms with Crippen molar-refractivity contribution < 1.29 is 14.6 Å². The van der Waals surface area contributed by atoms with Crippen molar-refractivity contribution in [1.82, 2.24) is 5.32 Å². The molecule has 1 amide bonds. The summed E-state index contributed by atoms with van der Waals surface area (Å²) in [5, 5.41) is 20.5. The first kappa shape index (κ1) is 13.4. The third-order valence-electron chi connectivity index (χ3n) is 3.15. The number of carbonyl (C=O) groups is 1. The van der Waals surface area contributed by atoms with Gasteiger partial charge in [-0.25, -0.2) is 0 Å². The topological polar surface area (TPSA) is 82.3 Å². The van der Waals surface area contributed by atoms with Crippen molar-refractivity contribution in [2.24, 2.45) is 5.92 Å². The predicted molar refractivity (Wildman–Crippen MR) is 68.4 cm³/mol. The van der Waals surface area contributed by atoms with E-state index in [1.165, 1.54) is 0 Å². The monoisotopic (exact) mass is 260 g/mol. The van der Waals surface area contributed by atoms with Crippen LogP contribution in [0.1, 0.15) is 18.4 Å². The molecule has 1 aliphatic carbocycles. The van der Waals surface area contributed by atoms with Crippen LogP contribution in [-0.4, -0.2) is 30.3 Å². The van der Waals surface area contributed by atoms with Gasteiger partial charge in [-0.15, -0.1) is 0 Å². The number of nitrogens with one attached hydrogen (secondary N) is 1. The van der Waals surface area contributed by atoms with Gasteiger partial charge < -0.3 is 15.2 Å². The molecule has 1 aromatic carbocycles. The average molecular weight is 260 g/mol. The summed E-state index contributed by atoms with van der Waals surface area (Å²) in [5.41, 5.74) is 0.556. The minimum Gasteiger partial charge on any atom is -0.484 e. The number of hydrogen-bond donors (Lipinski definition) is 2. The molecule has 5 heteroatoms. The van der Waals surface area contributed by atoms with Gasteiger partial charge in [-0.05, 0) is 43.0 Å². The molecule has 1 saturated carbocycles. The Morgan fingerprint density at radius 1 is 1.42 bits per heavy atom. The van der Waals surface area contributed by atoms with E-state index >= 15 is 0 Å². The van der Waals surface area contributed by atoms with E-state index in [1.807, 2.05) is 6.07 Å². The minimum absolute atomic E-state index is 0.0405. The number of ether oxygens (including phenoxy) is 1. The summed E-state index contributed by atoms with van der Waals surface area (Å²) >= 11 is 0. The van der Waals surface area contributed by atoms with Crippen molar-refractivity contribution in [1.29, 1.82) is 5.26 Å². The quantitative estimate of drug-likeness (QED) is 0.821. The first-order valence-corrected chi connectivity index (χ1v) is 6.25. The van der Waals surface area contributed by atoms with Crippen LogP contribution >= 0.6 is 0 Å². The molecule has 1 aliphatic rings. The van der Waals surface area contributed by atoms with Gasteiger partial charge in [-0.2, -0.15) is 5.26 Å². The van der Waals surface area contributed by atoms with Crippen LogP contribution in [0.15, 0.2) is 24.3 Å². The van der Waals surface area contributed by atoms with Crippen LogP contribution in [0, 0.1) is 17.2 Å². The summed E-state index contributed by atoms with van der Waals surface area (Å²) in [7, 11) is 0. The first-order chi connectivity index (χ1) is 9.17. The van der Waals surface area contributed by atoms with E-state index in [1.54, 1.807) is 24.3 Å². The lowest BCUT2D eigenvalue weighted by atomic mass is 9.82. The van der Waals surface area contributed by atoms with E-state index in [9.17, 15) is 4.79 Å². The molecule has 0 saturated heterocycles. The minimum atomic E-state index is -0.197. The average Bonchev–Trinajstić information content (AvgIpc) is 2.40. The van der Waals surface area contributed by atoms with Gasteiger partial charge in [0.25, 0.3) is 5.91 Å². The van der Waals surface area contributed by atoms with Gasteiger partial charge in [0.05, 0.1) is 17.7 Å². The first-order valence-electron chi connectivity index (χ1n) is 6.25. The lowest BCUT2D eigenvalue weighted by molar-refractivity contribution is -0.123. The molecular formula is C14H16N2O3. The molecule has 5 nitrogen and oxygen atoms in total. The fourth-order valence-electron chi connectivity index (χ4n) is 1.95. The Morgan fingerprint density at radius 3 is 2.68 bits per heavy atom. The van der Waals surface area contributed by atoms with Crippen molar-refractivity contribution in [3.63, 3.8) is 0 Å². The second-order valence-corrected chi connectivity index (χ2v) is 4.72. The summed E-state index contributed by atoms with van der Waals surface area (Å²) in [5.74, 6) is 0.771. The highest BCUT2D eigenvalue weighted by molar-refractivity contribution is 5.77. The van der Waals surface area contributed by atoms with Crippen molar-refractivity contribution in [3.8, 4) is 11.8 Å². The zero-order valence-electron chi connectivity index (χ0n) is 10.5. The highest BCUT2D eigenvalue weighted by Gasteiger charge is 2.27. The van der Waals surface area contributed by atoms with Crippen LogP contribution in [0.25, 0.3) is 0 Å². The number of rotatable bonds is 5. The van der Waals surface area contributed by atoms with Crippen molar-refractivity contribution in [2.45, 2.75) is 18.9 Å². The zero-order valence-corrected chi connectivity index (χ0v) is 10.5. The molecule has 0 spiro atoms. The van der Waals surface area contributed by atoms with Crippen LogP contribution in [0.5, 0.6) is 5.75 Å². The van der Waals surface area contributed by atoms with Crippen LogP contribution in [-0.2, 0) is 4.79 Å². The van der Waals surface area contributed by atoms with Gasteiger partial charge in [0, 0.05) is 6.54 Å². The molecule has 2 N–H and O–H groups in total. The van der Waals surface area contributed by atoms with Gasteiger partial charge in [-0.3, -0.25) is 4.79 Å². The van der Waals surface area contributed by atoms with Crippen molar-refractivity contribution in [3.05, 3.63) is 29.8 Å². The predicted octanol–water partition coefficient (Wildman–Crippen LogP) is 0.824. The molecule has 0 radical (unpaired) electrons. The molecule has 0 aliphatic heterocycles. The van der Waals surface area contributed by atoms with E-state index in [4.69, 9.17) is 15.1 Å². The summed E-state index contributed by atoms with van der Waals surface area (Å²) in [4.78, 5) is 11.5. The second-order valence-electron chi connectivity index (χ2n) is 4.72. The van der Waals surface area contributed by atoms with E-state index in [0.29, 0.717) is 23.8 Å². The number of carbonyl (C=O) groups excluding carboxylic acids is 1. The fraction of sp³-hybridized carbons (Fsp3) is 0.429. The molecule has 0 atom stereocenters. The van der Waals surface area contributed by atoms with Crippen LogP contribution in [0.2, 0.25) is 0 Å². The molecule has 1 fully saturated rings. The Bertz CT molecular complexity index is 472. The smallest absolute Gasteiger partial charge is 0.257 e. The summed E-state index contributed by atoms with van der Waals surface area (Å²) in [6.45, 7) is 0.549. The van der Waals surface area contributed by atoms with Crippen LogP contribution in [0.4, 0.5) is 0 Å². The van der Waals surface area contributed by atoms with Crippen molar-refractivity contribution >= 4 is 5.91 Å². The van der Waals surface area contributed by atoms with Gasteiger partial charge in [-0.1, -0.05) is 0 Å². The summed E-state index contributed by atoms with van der Waals surface area (Å²) in [6, 6.07) is 8.62. The van der Waals surface area contributed by atoms with Gasteiger partial charge >= 0.3 is 0 Å². The number of benzene rings is 1. The molecule has 100 valence electrons. The van der Waals surface area contributed by atoms with E-state index in [-0.39, 0.29) is 18.6 Å². The fourth-order valence-corrected chi connectivity index (χ4v) is 1.95. The van der Waals surface area contributed by atoms with Crippen LogP contribution < -0.4 is 10.1 Å². The molecule has 0 bridgehead atoms. The third-order valence-corrected chi connectivity index (χ3v) is 3.15. The second kappa shape index (κ2) is 6.21. The van der Waals surface area contributed by atoms with Gasteiger partial charge in [0.15, 0.2) is 6.61 Å². The maximum Gasteiger partial charge on any atom is 0.257 e. The molecule has 0 aromatic heterocycles. The number of hydrogen-bond acceptors (Lipinski definition) is 4. The normalized spacial score (nSPS) is 21.1. The SMILES string of the molecule is N#Cc1ccc(OCC(=O)NCC2CC(O)C2)cc1. The number of amides is 1. The highest BCUT2D eigenvalue weighted by Crippen LogP contribution is 2.25. The summed E-state index contributed by atoms with van der Waals surface area (Å²) < 4.78 is 5.30. The molecule has 0 heterocycles. The molecule has 2 rings (SSSR count). The van der Waals surface area contributed by atoms with Crippen molar-refractivity contribution in [2.75, 3.05) is 13.2 Å². The Kier molecular flexibility index (Phi) is 4.37. The highest BCUT2D eigenvalue weighted by atomic mass is 16.5. The van der Waals surface area contributed by atoms with Gasteiger partial charge in [0.2, 0.25) is 0 Å². The van der Waals surface area contributed by atoms with Crippen LogP contribution in [0.3, 0.4) is 0 Å². The molecule has 0 unspecified atom stereocenters. The van der Waals surface area contributed by atoms with E-state index in [0.717, 1.165) is 12.8 Å². The maximum absolute atomic E-state index is 11.5. The number of nitrogens with zero attached hydrogens (tertiary/aromatic N) is 1.